The van der Waals surface area contributed by atoms with Crippen LogP contribution in [0.25, 0.3) is 5.65 Å². The Kier molecular flexibility index (Phi) is 3.60. The van der Waals surface area contributed by atoms with Gasteiger partial charge in [0.15, 0.2) is 5.65 Å². The summed E-state index contributed by atoms with van der Waals surface area (Å²) in [5.74, 6) is 2.23. The van der Waals surface area contributed by atoms with Crippen molar-refractivity contribution in [3.05, 3.63) is 23.4 Å². The molecule has 0 radical (unpaired) electrons. The molecule has 0 amide bonds. The minimum absolute atomic E-state index is 0.671. The summed E-state index contributed by atoms with van der Waals surface area (Å²) in [6.45, 7) is 3.31. The van der Waals surface area contributed by atoms with Crippen LogP contribution in [0, 0.1) is 11.8 Å². The third kappa shape index (κ3) is 2.84. The van der Waals surface area contributed by atoms with Gasteiger partial charge in [0.2, 0.25) is 5.95 Å². The normalized spacial score (nSPS) is 23.7. The highest BCUT2D eigenvalue weighted by molar-refractivity contribution is 6.30. The molecule has 4 nitrogen and oxygen atoms in total. The Balaban J connectivity index is 1.68. The average Bonchev–Trinajstić information content (AvgIpc) is 2.79. The number of pyridine rings is 1. The molecule has 19 heavy (non-hydrogen) atoms. The van der Waals surface area contributed by atoms with Gasteiger partial charge in [-0.25, -0.2) is 4.52 Å². The van der Waals surface area contributed by atoms with E-state index in [1.54, 1.807) is 10.7 Å². The maximum Gasteiger partial charge on any atom is 0.243 e. The molecule has 2 aromatic heterocycles. The fraction of sp³-hybridized carbons (Fsp3) is 0.571. The Morgan fingerprint density at radius 1 is 1.37 bits per heavy atom. The summed E-state index contributed by atoms with van der Waals surface area (Å²) in [5.41, 5.74) is 0.823. The Hall–Kier alpha value is -1.29. The minimum atomic E-state index is 0.671. The van der Waals surface area contributed by atoms with Gasteiger partial charge in [0, 0.05) is 12.7 Å². The fourth-order valence-corrected chi connectivity index (χ4v) is 3.01. The Bertz CT molecular complexity index is 566. The number of nitrogens with zero attached hydrogens (tertiary/aromatic N) is 3. The molecule has 2 aromatic rings. The molecular weight excluding hydrogens is 260 g/mol. The first-order valence-corrected chi connectivity index (χ1v) is 7.36. The van der Waals surface area contributed by atoms with Crippen molar-refractivity contribution in [2.45, 2.75) is 32.6 Å². The fourth-order valence-electron chi connectivity index (χ4n) is 2.85. The van der Waals surface area contributed by atoms with Crippen molar-refractivity contribution >= 4 is 23.2 Å². The van der Waals surface area contributed by atoms with E-state index in [9.17, 15) is 0 Å². The van der Waals surface area contributed by atoms with Gasteiger partial charge in [-0.3, -0.25) is 0 Å². The molecule has 2 atom stereocenters. The molecule has 1 aliphatic rings. The number of hydrogen-bond acceptors (Lipinski definition) is 3. The molecule has 1 aliphatic carbocycles. The maximum atomic E-state index is 5.94. The van der Waals surface area contributed by atoms with Crippen LogP contribution in [0.4, 0.5) is 5.95 Å². The molecule has 3 rings (SSSR count). The van der Waals surface area contributed by atoms with Crippen LogP contribution in [-0.4, -0.2) is 21.1 Å². The second-order valence-electron chi connectivity index (χ2n) is 5.49. The van der Waals surface area contributed by atoms with Crippen LogP contribution >= 0.6 is 11.6 Å². The SMILES string of the molecule is CC1CCCCC1CNc1nc2ccc(Cl)cn2n1. The van der Waals surface area contributed by atoms with Gasteiger partial charge in [-0.15, -0.1) is 5.10 Å². The van der Waals surface area contributed by atoms with Crippen molar-refractivity contribution in [1.29, 1.82) is 0 Å². The highest BCUT2D eigenvalue weighted by Gasteiger charge is 2.21. The largest absolute Gasteiger partial charge is 0.353 e. The first-order chi connectivity index (χ1) is 9.22. The second-order valence-corrected chi connectivity index (χ2v) is 5.92. The lowest BCUT2D eigenvalue weighted by Crippen LogP contribution is -2.24. The topological polar surface area (TPSA) is 42.2 Å². The van der Waals surface area contributed by atoms with Crippen molar-refractivity contribution in [2.75, 3.05) is 11.9 Å². The number of hydrogen-bond donors (Lipinski definition) is 1. The van der Waals surface area contributed by atoms with Gasteiger partial charge < -0.3 is 5.32 Å². The van der Waals surface area contributed by atoms with Gasteiger partial charge in [-0.05, 0) is 30.4 Å². The lowest BCUT2D eigenvalue weighted by Gasteiger charge is -2.28. The van der Waals surface area contributed by atoms with E-state index in [2.05, 4.69) is 22.3 Å². The van der Waals surface area contributed by atoms with Crippen molar-refractivity contribution in [3.8, 4) is 0 Å². The molecular formula is C14H19ClN4. The lowest BCUT2D eigenvalue weighted by molar-refractivity contribution is 0.268. The number of fused-ring (bicyclic) bond motifs is 1. The van der Waals surface area contributed by atoms with E-state index in [0.29, 0.717) is 11.0 Å². The molecule has 0 spiro atoms. The number of rotatable bonds is 3. The number of anilines is 1. The van der Waals surface area contributed by atoms with Crippen molar-refractivity contribution < 1.29 is 0 Å². The summed E-state index contributed by atoms with van der Waals surface area (Å²) in [4.78, 5) is 4.45. The summed E-state index contributed by atoms with van der Waals surface area (Å²) in [6.07, 6.45) is 7.17. The van der Waals surface area contributed by atoms with Gasteiger partial charge in [-0.2, -0.15) is 4.98 Å². The average molecular weight is 279 g/mol. The summed E-state index contributed by atoms with van der Waals surface area (Å²) >= 11 is 5.94. The number of nitrogens with one attached hydrogen (secondary N) is 1. The zero-order valence-corrected chi connectivity index (χ0v) is 11.9. The molecule has 2 heterocycles. The van der Waals surface area contributed by atoms with Crippen LogP contribution in [0.15, 0.2) is 18.3 Å². The standard InChI is InChI=1S/C14H19ClN4/c1-10-4-2-3-5-11(10)8-16-14-17-13-7-6-12(15)9-19(13)18-14/h6-7,9-11H,2-5,8H2,1H3,(H,16,18). The summed E-state index contributed by atoms with van der Waals surface area (Å²) in [6, 6.07) is 3.71. The van der Waals surface area contributed by atoms with Gasteiger partial charge in [0.05, 0.1) is 5.02 Å². The molecule has 5 heteroatoms. The third-order valence-corrected chi connectivity index (χ3v) is 4.33. The summed E-state index contributed by atoms with van der Waals surface area (Å²) in [7, 11) is 0. The van der Waals surface area contributed by atoms with Crippen molar-refractivity contribution in [3.63, 3.8) is 0 Å². The number of halogens is 1. The Morgan fingerprint density at radius 2 is 2.21 bits per heavy atom. The van der Waals surface area contributed by atoms with E-state index < -0.39 is 0 Å². The summed E-state index contributed by atoms with van der Waals surface area (Å²) < 4.78 is 1.72. The van der Waals surface area contributed by atoms with Gasteiger partial charge in [0.1, 0.15) is 0 Å². The first kappa shape index (κ1) is 12.7. The molecule has 0 aliphatic heterocycles. The van der Waals surface area contributed by atoms with E-state index in [-0.39, 0.29) is 0 Å². The molecule has 1 fully saturated rings. The van der Waals surface area contributed by atoms with E-state index >= 15 is 0 Å². The van der Waals surface area contributed by atoms with Crippen LogP contribution in [0.5, 0.6) is 0 Å². The molecule has 0 saturated heterocycles. The van der Waals surface area contributed by atoms with Gasteiger partial charge in [-0.1, -0.05) is 37.8 Å². The molecule has 2 unspecified atom stereocenters. The monoisotopic (exact) mass is 278 g/mol. The van der Waals surface area contributed by atoms with E-state index in [4.69, 9.17) is 11.6 Å². The van der Waals surface area contributed by atoms with Crippen LogP contribution in [0.2, 0.25) is 5.02 Å². The van der Waals surface area contributed by atoms with E-state index in [1.165, 1.54) is 25.7 Å². The zero-order valence-electron chi connectivity index (χ0n) is 11.1. The predicted molar refractivity (Wildman–Crippen MR) is 77.6 cm³/mol. The minimum Gasteiger partial charge on any atom is -0.353 e. The van der Waals surface area contributed by atoms with Gasteiger partial charge in [0.25, 0.3) is 0 Å². The smallest absolute Gasteiger partial charge is 0.243 e. The Morgan fingerprint density at radius 3 is 3.05 bits per heavy atom. The Labute approximate surface area is 118 Å². The molecule has 1 saturated carbocycles. The van der Waals surface area contributed by atoms with Crippen LogP contribution in [0.3, 0.4) is 0 Å². The highest BCUT2D eigenvalue weighted by Crippen LogP contribution is 2.29. The lowest BCUT2D eigenvalue weighted by atomic mass is 9.80. The first-order valence-electron chi connectivity index (χ1n) is 6.98. The number of aromatic nitrogens is 3. The quantitative estimate of drug-likeness (QED) is 0.932. The molecule has 0 aromatic carbocycles. The van der Waals surface area contributed by atoms with E-state index in [0.717, 1.165) is 24.0 Å². The van der Waals surface area contributed by atoms with Crippen LogP contribution in [-0.2, 0) is 0 Å². The zero-order chi connectivity index (χ0) is 13.2. The van der Waals surface area contributed by atoms with Crippen molar-refractivity contribution in [2.24, 2.45) is 11.8 Å². The molecule has 102 valence electrons. The van der Waals surface area contributed by atoms with Crippen LogP contribution < -0.4 is 5.32 Å². The van der Waals surface area contributed by atoms with Crippen LogP contribution in [0.1, 0.15) is 32.6 Å². The molecule has 0 bridgehead atoms. The summed E-state index contributed by atoms with van der Waals surface area (Å²) in [5, 5.41) is 8.43. The second kappa shape index (κ2) is 5.37. The predicted octanol–water partition coefficient (Wildman–Crippen LogP) is 3.62. The molecule has 1 N–H and O–H groups in total. The van der Waals surface area contributed by atoms with E-state index in [1.807, 2.05) is 12.1 Å². The highest BCUT2D eigenvalue weighted by atomic mass is 35.5. The van der Waals surface area contributed by atoms with Gasteiger partial charge >= 0.3 is 0 Å². The third-order valence-electron chi connectivity index (χ3n) is 4.11. The maximum absolute atomic E-state index is 5.94. The van der Waals surface area contributed by atoms with Crippen molar-refractivity contribution in [1.82, 2.24) is 14.6 Å².